The summed E-state index contributed by atoms with van der Waals surface area (Å²) in [6, 6.07) is 16.7. The minimum atomic E-state index is -0.0317. The molecule has 2 aromatic carbocycles. The van der Waals surface area contributed by atoms with Crippen LogP contribution in [0.1, 0.15) is 21.5 Å². The van der Waals surface area contributed by atoms with Crippen molar-refractivity contribution in [3.05, 3.63) is 77.6 Å². The highest BCUT2D eigenvalue weighted by Crippen LogP contribution is 2.28. The highest BCUT2D eigenvalue weighted by Gasteiger charge is 2.26. The van der Waals surface area contributed by atoms with Crippen molar-refractivity contribution in [3.63, 3.8) is 0 Å². The van der Waals surface area contributed by atoms with Gasteiger partial charge in [0.25, 0.3) is 5.91 Å². The molecule has 0 bridgehead atoms. The number of carbonyl (C=O) groups is 1. The first kappa shape index (κ1) is 18.6. The fraction of sp³-hybridized carbons (Fsp3) is 0.292. The third kappa shape index (κ3) is 3.49. The first-order chi connectivity index (χ1) is 14.7. The van der Waals surface area contributed by atoms with Crippen LogP contribution in [0, 0.1) is 6.92 Å². The van der Waals surface area contributed by atoms with Gasteiger partial charge in [-0.25, -0.2) is 9.97 Å². The number of carbonyl (C=O) groups excluding carboxylic acids is 1. The summed E-state index contributed by atoms with van der Waals surface area (Å²) in [6.45, 7) is 6.41. The van der Waals surface area contributed by atoms with E-state index in [-0.39, 0.29) is 5.91 Å². The number of fused-ring (bicyclic) bond motifs is 1. The molecule has 152 valence electrons. The molecular formula is C24H25N5O. The van der Waals surface area contributed by atoms with Crippen molar-refractivity contribution in [2.45, 2.75) is 13.3 Å². The molecule has 3 heterocycles. The van der Waals surface area contributed by atoms with Crippen molar-refractivity contribution in [3.8, 4) is 0 Å². The molecule has 6 heteroatoms. The maximum Gasteiger partial charge on any atom is 0.261 e. The van der Waals surface area contributed by atoms with Crippen LogP contribution in [0.25, 0.3) is 0 Å². The van der Waals surface area contributed by atoms with Crippen LogP contribution < -0.4 is 14.7 Å². The molecule has 6 nitrogen and oxygen atoms in total. The van der Waals surface area contributed by atoms with E-state index in [0.29, 0.717) is 18.1 Å². The molecule has 0 aliphatic carbocycles. The summed E-state index contributed by atoms with van der Waals surface area (Å²) >= 11 is 0. The smallest absolute Gasteiger partial charge is 0.261 e. The van der Waals surface area contributed by atoms with E-state index < -0.39 is 0 Å². The van der Waals surface area contributed by atoms with Crippen LogP contribution in [0.5, 0.6) is 0 Å². The lowest BCUT2D eigenvalue weighted by Gasteiger charge is -2.36. The predicted octanol–water partition coefficient (Wildman–Crippen LogP) is 3.31. The topological polar surface area (TPSA) is 52.6 Å². The molecule has 1 saturated heterocycles. The summed E-state index contributed by atoms with van der Waals surface area (Å²) in [5, 5.41) is 0. The van der Waals surface area contributed by atoms with Gasteiger partial charge in [0.1, 0.15) is 0 Å². The van der Waals surface area contributed by atoms with Crippen molar-refractivity contribution in [1.82, 2.24) is 9.97 Å². The lowest BCUT2D eigenvalue weighted by atomic mass is 10.2. The standard InChI is InChI=1S/C24H25N5O/c1-18-5-4-7-21(15-18)27-11-13-28(14-12-27)24-25-16-20(17-26-24)23(30)29-10-9-19-6-2-3-8-22(19)29/h2-8,15-17H,9-14H2,1H3. The average molecular weight is 399 g/mol. The molecule has 0 atom stereocenters. The van der Waals surface area contributed by atoms with Gasteiger partial charge in [-0.1, -0.05) is 30.3 Å². The van der Waals surface area contributed by atoms with Gasteiger partial charge >= 0.3 is 0 Å². The van der Waals surface area contributed by atoms with E-state index in [4.69, 9.17) is 0 Å². The Hall–Kier alpha value is -3.41. The SMILES string of the molecule is Cc1cccc(N2CCN(c3ncc(C(=O)N4CCc5ccccc54)cn3)CC2)c1. The first-order valence-electron chi connectivity index (χ1n) is 10.5. The molecule has 2 aliphatic rings. The number of aryl methyl sites for hydroxylation is 1. The van der Waals surface area contributed by atoms with Gasteiger partial charge in [-0.15, -0.1) is 0 Å². The first-order valence-corrected chi connectivity index (χ1v) is 10.5. The van der Waals surface area contributed by atoms with Crippen molar-refractivity contribution in [2.24, 2.45) is 0 Å². The Bertz CT molecular complexity index is 1060. The molecule has 0 unspecified atom stereocenters. The number of amides is 1. The number of aromatic nitrogens is 2. The van der Waals surface area contributed by atoms with Crippen molar-refractivity contribution < 1.29 is 4.79 Å². The molecule has 30 heavy (non-hydrogen) atoms. The third-order valence-corrected chi connectivity index (χ3v) is 5.95. The maximum absolute atomic E-state index is 13.0. The van der Waals surface area contributed by atoms with Crippen molar-refractivity contribution >= 4 is 23.2 Å². The minimum Gasteiger partial charge on any atom is -0.368 e. The molecule has 1 aromatic heterocycles. The summed E-state index contributed by atoms with van der Waals surface area (Å²) in [5.74, 6) is 0.660. The molecule has 1 fully saturated rings. The van der Waals surface area contributed by atoms with Gasteiger partial charge in [0, 0.05) is 56.5 Å². The van der Waals surface area contributed by atoms with Gasteiger partial charge in [0.05, 0.1) is 5.56 Å². The molecule has 5 rings (SSSR count). The normalized spacial score (nSPS) is 16.0. The van der Waals surface area contributed by atoms with E-state index in [1.807, 2.05) is 23.1 Å². The molecule has 3 aromatic rings. The largest absolute Gasteiger partial charge is 0.368 e. The Morgan fingerprint density at radius 2 is 1.60 bits per heavy atom. The van der Waals surface area contributed by atoms with Crippen LogP contribution in [0.4, 0.5) is 17.3 Å². The summed E-state index contributed by atoms with van der Waals surface area (Å²) in [7, 11) is 0. The number of anilines is 3. The molecule has 0 N–H and O–H groups in total. The zero-order valence-corrected chi connectivity index (χ0v) is 17.2. The Kier molecular flexibility index (Phi) is 4.83. The van der Waals surface area contributed by atoms with E-state index in [0.717, 1.165) is 38.3 Å². The van der Waals surface area contributed by atoms with Gasteiger partial charge in [-0.2, -0.15) is 0 Å². The fourth-order valence-electron chi connectivity index (χ4n) is 4.29. The molecule has 0 radical (unpaired) electrons. The van der Waals surface area contributed by atoms with Crippen LogP contribution in [0.2, 0.25) is 0 Å². The average Bonchev–Trinajstić information content (AvgIpc) is 3.23. The summed E-state index contributed by atoms with van der Waals surface area (Å²) < 4.78 is 0. The second kappa shape index (κ2) is 7.78. The molecular weight excluding hydrogens is 374 g/mol. The monoisotopic (exact) mass is 399 g/mol. The van der Waals surface area contributed by atoms with E-state index >= 15 is 0 Å². The highest BCUT2D eigenvalue weighted by molar-refractivity contribution is 6.07. The number of piperazine rings is 1. The summed E-state index contributed by atoms with van der Waals surface area (Å²) in [4.78, 5) is 28.4. The Morgan fingerprint density at radius 1 is 0.867 bits per heavy atom. The second-order valence-corrected chi connectivity index (χ2v) is 7.92. The maximum atomic E-state index is 13.0. The number of para-hydroxylation sites is 1. The Balaban J connectivity index is 1.24. The Morgan fingerprint density at radius 3 is 2.37 bits per heavy atom. The fourth-order valence-corrected chi connectivity index (χ4v) is 4.29. The zero-order chi connectivity index (χ0) is 20.5. The van der Waals surface area contributed by atoms with Gasteiger partial charge < -0.3 is 14.7 Å². The molecule has 0 spiro atoms. The zero-order valence-electron chi connectivity index (χ0n) is 17.2. The van der Waals surface area contributed by atoms with E-state index in [2.05, 4.69) is 57.0 Å². The summed E-state index contributed by atoms with van der Waals surface area (Å²) in [6.07, 6.45) is 4.23. The summed E-state index contributed by atoms with van der Waals surface area (Å²) in [5.41, 5.74) is 5.30. The van der Waals surface area contributed by atoms with Crippen molar-refractivity contribution in [2.75, 3.05) is 47.4 Å². The number of rotatable bonds is 3. The number of hydrogen-bond donors (Lipinski definition) is 0. The van der Waals surface area contributed by atoms with Crippen molar-refractivity contribution in [1.29, 1.82) is 0 Å². The number of nitrogens with zero attached hydrogens (tertiary/aromatic N) is 5. The van der Waals surface area contributed by atoms with Gasteiger partial charge in [0.2, 0.25) is 5.95 Å². The third-order valence-electron chi connectivity index (χ3n) is 5.95. The highest BCUT2D eigenvalue weighted by atomic mass is 16.2. The van der Waals surface area contributed by atoms with Crippen LogP contribution in [0.3, 0.4) is 0 Å². The van der Waals surface area contributed by atoms with Crippen LogP contribution in [-0.4, -0.2) is 48.6 Å². The van der Waals surface area contributed by atoms with E-state index in [9.17, 15) is 4.79 Å². The van der Waals surface area contributed by atoms with E-state index in [1.165, 1.54) is 16.8 Å². The second-order valence-electron chi connectivity index (χ2n) is 7.92. The Labute approximate surface area is 176 Å². The number of benzene rings is 2. The van der Waals surface area contributed by atoms with Crippen LogP contribution in [-0.2, 0) is 6.42 Å². The minimum absolute atomic E-state index is 0.0317. The van der Waals surface area contributed by atoms with Gasteiger partial charge in [-0.3, -0.25) is 4.79 Å². The lowest BCUT2D eigenvalue weighted by Crippen LogP contribution is -2.47. The molecule has 2 aliphatic heterocycles. The predicted molar refractivity (Wildman–Crippen MR) is 119 cm³/mol. The van der Waals surface area contributed by atoms with E-state index in [1.54, 1.807) is 12.4 Å². The van der Waals surface area contributed by atoms with Crippen LogP contribution in [0.15, 0.2) is 60.9 Å². The quantitative estimate of drug-likeness (QED) is 0.676. The van der Waals surface area contributed by atoms with Crippen LogP contribution >= 0.6 is 0 Å². The number of hydrogen-bond acceptors (Lipinski definition) is 5. The van der Waals surface area contributed by atoms with Gasteiger partial charge in [0.15, 0.2) is 0 Å². The molecule has 0 saturated carbocycles. The lowest BCUT2D eigenvalue weighted by molar-refractivity contribution is 0.0988. The van der Waals surface area contributed by atoms with Gasteiger partial charge in [-0.05, 0) is 42.7 Å². The molecule has 1 amide bonds.